The highest BCUT2D eigenvalue weighted by Crippen LogP contribution is 2.55. The van der Waals surface area contributed by atoms with Gasteiger partial charge >= 0.3 is 0 Å². The van der Waals surface area contributed by atoms with Crippen molar-refractivity contribution in [3.63, 3.8) is 0 Å². The van der Waals surface area contributed by atoms with Crippen LogP contribution in [0.2, 0.25) is 0 Å². The maximum atomic E-state index is 4.50. The van der Waals surface area contributed by atoms with Gasteiger partial charge in [-0.1, -0.05) is 20.8 Å². The molecule has 0 N–H and O–H groups in total. The molecule has 0 heterocycles. The third-order valence-electron chi connectivity index (χ3n) is 2.47. The molecule has 0 aliphatic heterocycles. The quantitative estimate of drug-likeness (QED) is 0.566. The maximum Gasteiger partial charge on any atom is 0.00477 e. The molecule has 0 nitrogen and oxygen atoms in total. The average molecular weight is 144 g/mol. The molecule has 0 bridgehead atoms. The van der Waals surface area contributed by atoms with Crippen molar-refractivity contribution < 1.29 is 0 Å². The minimum atomic E-state index is 0.614. The predicted molar refractivity (Wildman–Crippen MR) is 45.0 cm³/mol. The van der Waals surface area contributed by atoms with Crippen molar-refractivity contribution in [2.45, 2.75) is 38.9 Å². The van der Waals surface area contributed by atoms with Gasteiger partial charge in [0.25, 0.3) is 0 Å². The summed E-state index contributed by atoms with van der Waals surface area (Å²) in [6.45, 7) is 6.87. The third-order valence-corrected chi connectivity index (χ3v) is 3.20. The normalized spacial score (nSPS) is 34.0. The summed E-state index contributed by atoms with van der Waals surface area (Å²) in [4.78, 5) is 0. The second-order valence-electron chi connectivity index (χ2n) is 3.77. The monoisotopic (exact) mass is 144 g/mol. The van der Waals surface area contributed by atoms with Gasteiger partial charge in [-0.3, -0.25) is 0 Å². The van der Waals surface area contributed by atoms with E-state index in [9.17, 15) is 0 Å². The third kappa shape index (κ3) is 1.43. The van der Waals surface area contributed by atoms with Crippen LogP contribution in [0.4, 0.5) is 0 Å². The Morgan fingerprint density at radius 2 is 2.11 bits per heavy atom. The molecule has 1 heteroatoms. The van der Waals surface area contributed by atoms with E-state index >= 15 is 0 Å². The van der Waals surface area contributed by atoms with Gasteiger partial charge in [-0.25, -0.2) is 0 Å². The van der Waals surface area contributed by atoms with Crippen LogP contribution >= 0.6 is 12.6 Å². The molecule has 54 valence electrons. The van der Waals surface area contributed by atoms with Crippen LogP contribution in [0.5, 0.6) is 0 Å². The van der Waals surface area contributed by atoms with Crippen molar-refractivity contribution in [2.75, 3.05) is 0 Å². The molecule has 0 spiro atoms. The van der Waals surface area contributed by atoms with E-state index in [4.69, 9.17) is 0 Å². The number of rotatable bonds is 2. The zero-order valence-electron chi connectivity index (χ0n) is 6.52. The summed E-state index contributed by atoms with van der Waals surface area (Å²) in [7, 11) is 0. The van der Waals surface area contributed by atoms with Gasteiger partial charge in [-0.05, 0) is 24.2 Å². The topological polar surface area (TPSA) is 0 Å². The lowest BCUT2D eigenvalue weighted by atomic mass is 10.1. The van der Waals surface area contributed by atoms with Gasteiger partial charge in [0.05, 0.1) is 0 Å². The Bertz CT molecular complexity index is 107. The summed E-state index contributed by atoms with van der Waals surface area (Å²) in [5, 5.41) is 0.653. The first-order chi connectivity index (χ1) is 4.08. The van der Waals surface area contributed by atoms with Crippen molar-refractivity contribution in [3.05, 3.63) is 0 Å². The van der Waals surface area contributed by atoms with Gasteiger partial charge in [0, 0.05) is 5.25 Å². The standard InChI is InChI=1S/C8H16S/c1-4-7(9)6-5-8(6,2)3/h6-7,9H,4-5H2,1-3H3. The fourth-order valence-electron chi connectivity index (χ4n) is 1.45. The fourth-order valence-corrected chi connectivity index (χ4v) is 1.96. The first-order valence-electron chi connectivity index (χ1n) is 3.76. The Hall–Kier alpha value is 0.350. The van der Waals surface area contributed by atoms with Crippen LogP contribution in [0.15, 0.2) is 0 Å². The lowest BCUT2D eigenvalue weighted by molar-refractivity contribution is 0.539. The Morgan fingerprint density at radius 1 is 1.67 bits per heavy atom. The molecular formula is C8H16S. The second-order valence-corrected chi connectivity index (χ2v) is 4.44. The fraction of sp³-hybridized carbons (Fsp3) is 1.00. The van der Waals surface area contributed by atoms with Crippen LogP contribution in [-0.2, 0) is 0 Å². The first-order valence-corrected chi connectivity index (χ1v) is 4.27. The molecule has 9 heavy (non-hydrogen) atoms. The molecule has 0 aromatic rings. The summed E-state index contributed by atoms with van der Waals surface area (Å²) < 4.78 is 0. The molecular weight excluding hydrogens is 128 g/mol. The van der Waals surface area contributed by atoms with E-state index in [1.165, 1.54) is 12.8 Å². The van der Waals surface area contributed by atoms with E-state index in [0.29, 0.717) is 10.7 Å². The number of hydrogen-bond acceptors (Lipinski definition) is 1. The summed E-state index contributed by atoms with van der Waals surface area (Å²) in [5.74, 6) is 0.894. The van der Waals surface area contributed by atoms with Crippen molar-refractivity contribution >= 4 is 12.6 Å². The van der Waals surface area contributed by atoms with Gasteiger partial charge in [0.1, 0.15) is 0 Å². The minimum absolute atomic E-state index is 0.614. The van der Waals surface area contributed by atoms with Crippen molar-refractivity contribution in [1.82, 2.24) is 0 Å². The lowest BCUT2D eigenvalue weighted by Gasteiger charge is -2.08. The summed E-state index contributed by atoms with van der Waals surface area (Å²) in [5.41, 5.74) is 0.614. The molecule has 0 aromatic carbocycles. The van der Waals surface area contributed by atoms with E-state index < -0.39 is 0 Å². The second kappa shape index (κ2) is 2.19. The highest BCUT2D eigenvalue weighted by molar-refractivity contribution is 7.81. The molecule has 0 saturated heterocycles. The molecule has 1 fully saturated rings. The van der Waals surface area contributed by atoms with Crippen LogP contribution in [0, 0.1) is 11.3 Å². The largest absolute Gasteiger partial charge is 0.176 e. The van der Waals surface area contributed by atoms with Crippen LogP contribution < -0.4 is 0 Å². The lowest BCUT2D eigenvalue weighted by Crippen LogP contribution is -2.04. The van der Waals surface area contributed by atoms with Crippen LogP contribution in [0.3, 0.4) is 0 Å². The molecule has 0 aromatic heterocycles. The average Bonchev–Trinajstić information content (AvgIpc) is 2.38. The Kier molecular flexibility index (Phi) is 1.81. The molecule has 0 amide bonds. The Balaban J connectivity index is 2.33. The molecule has 1 saturated carbocycles. The smallest absolute Gasteiger partial charge is 0.00477 e. The van der Waals surface area contributed by atoms with Gasteiger partial charge in [-0.15, -0.1) is 0 Å². The van der Waals surface area contributed by atoms with Crippen molar-refractivity contribution in [3.8, 4) is 0 Å². The number of thiol groups is 1. The van der Waals surface area contributed by atoms with Gasteiger partial charge in [0.15, 0.2) is 0 Å². The SMILES string of the molecule is CCC(S)C1CC1(C)C. The molecule has 1 aliphatic carbocycles. The zero-order valence-corrected chi connectivity index (χ0v) is 7.41. The highest BCUT2D eigenvalue weighted by Gasteiger charge is 2.48. The van der Waals surface area contributed by atoms with E-state index in [2.05, 4.69) is 33.4 Å². The predicted octanol–water partition coefficient (Wildman–Crippen LogP) is 2.74. The summed E-state index contributed by atoms with van der Waals surface area (Å²) >= 11 is 4.50. The molecule has 0 radical (unpaired) electrons. The first kappa shape index (κ1) is 7.46. The van der Waals surface area contributed by atoms with Gasteiger partial charge in [0.2, 0.25) is 0 Å². The molecule has 1 aliphatic rings. The zero-order chi connectivity index (χ0) is 7.07. The minimum Gasteiger partial charge on any atom is -0.176 e. The summed E-state index contributed by atoms with van der Waals surface area (Å²) in [6.07, 6.45) is 2.60. The molecule has 1 rings (SSSR count). The van der Waals surface area contributed by atoms with E-state index in [-0.39, 0.29) is 0 Å². The Labute approximate surface area is 63.4 Å². The van der Waals surface area contributed by atoms with Crippen LogP contribution in [0.25, 0.3) is 0 Å². The maximum absolute atomic E-state index is 4.50. The van der Waals surface area contributed by atoms with Gasteiger partial charge in [-0.2, -0.15) is 12.6 Å². The van der Waals surface area contributed by atoms with E-state index in [1.54, 1.807) is 0 Å². The van der Waals surface area contributed by atoms with Crippen LogP contribution in [0.1, 0.15) is 33.6 Å². The Morgan fingerprint density at radius 3 is 2.22 bits per heavy atom. The van der Waals surface area contributed by atoms with Crippen molar-refractivity contribution in [2.24, 2.45) is 11.3 Å². The van der Waals surface area contributed by atoms with Gasteiger partial charge < -0.3 is 0 Å². The van der Waals surface area contributed by atoms with Crippen molar-refractivity contribution in [1.29, 1.82) is 0 Å². The number of hydrogen-bond donors (Lipinski definition) is 1. The molecule has 2 atom stereocenters. The van der Waals surface area contributed by atoms with Crippen LogP contribution in [-0.4, -0.2) is 5.25 Å². The summed E-state index contributed by atoms with van der Waals surface area (Å²) in [6, 6.07) is 0. The van der Waals surface area contributed by atoms with E-state index in [1.807, 2.05) is 0 Å². The molecule has 2 unspecified atom stereocenters. The highest BCUT2D eigenvalue weighted by atomic mass is 32.1. The van der Waals surface area contributed by atoms with E-state index in [0.717, 1.165) is 5.92 Å².